The quantitative estimate of drug-likeness (QED) is 0.804. The van der Waals surface area contributed by atoms with Crippen LogP contribution in [0.1, 0.15) is 71.9 Å². The number of ether oxygens (including phenoxy) is 1. The third-order valence-corrected chi connectivity index (χ3v) is 4.86. The summed E-state index contributed by atoms with van der Waals surface area (Å²) in [5.74, 6) is 0.703. The van der Waals surface area contributed by atoms with Gasteiger partial charge >= 0.3 is 6.09 Å². The summed E-state index contributed by atoms with van der Waals surface area (Å²) in [6, 6.07) is 5.32. The Morgan fingerprint density at radius 1 is 1.28 bits per heavy atom. The number of nitrogens with zero attached hydrogens (tertiary/aromatic N) is 3. The second kappa shape index (κ2) is 6.94. The Morgan fingerprint density at radius 3 is 2.52 bits per heavy atom. The van der Waals surface area contributed by atoms with Crippen LogP contribution >= 0.6 is 0 Å². The van der Waals surface area contributed by atoms with Gasteiger partial charge in [0.1, 0.15) is 11.4 Å². The zero-order valence-corrected chi connectivity index (χ0v) is 16.2. The minimum Gasteiger partial charge on any atom is -0.443 e. The van der Waals surface area contributed by atoms with Crippen molar-refractivity contribution in [2.24, 2.45) is 0 Å². The van der Waals surface area contributed by atoms with E-state index in [9.17, 15) is 4.79 Å². The molecule has 2 heterocycles. The third kappa shape index (κ3) is 4.32. The molecule has 0 unspecified atom stereocenters. The smallest absolute Gasteiger partial charge is 0.416 e. The lowest BCUT2D eigenvalue weighted by atomic mass is 10.1. The summed E-state index contributed by atoms with van der Waals surface area (Å²) in [5.41, 5.74) is 0.751. The number of hydrogen-bond donors (Lipinski definition) is 0. The molecule has 2 aliphatic rings. The largest absolute Gasteiger partial charge is 0.443 e. The van der Waals surface area contributed by atoms with Crippen molar-refractivity contribution in [3.8, 4) is 0 Å². The lowest BCUT2D eigenvalue weighted by Crippen LogP contribution is -2.38. The molecule has 0 aromatic carbocycles. The number of carbonyl (C=O) groups excluding carboxylic acids is 1. The SMILES string of the molecule is CC(C)N1CCC[C@@H]1c1ccc(N(C(=O)OC(C)(C)C)C2CC2)nc1. The molecule has 3 rings (SSSR count). The second-order valence-corrected chi connectivity index (χ2v) is 8.52. The van der Waals surface area contributed by atoms with Crippen LogP contribution in [0.2, 0.25) is 0 Å². The average molecular weight is 345 g/mol. The summed E-state index contributed by atoms with van der Waals surface area (Å²) in [4.78, 5) is 21.5. The van der Waals surface area contributed by atoms with Gasteiger partial charge in [-0.1, -0.05) is 6.07 Å². The van der Waals surface area contributed by atoms with Gasteiger partial charge < -0.3 is 4.74 Å². The first kappa shape index (κ1) is 18.2. The van der Waals surface area contributed by atoms with Gasteiger partial charge in [-0.05, 0) is 78.5 Å². The van der Waals surface area contributed by atoms with Crippen LogP contribution in [0.4, 0.5) is 10.6 Å². The highest BCUT2D eigenvalue weighted by molar-refractivity contribution is 5.88. The molecule has 5 heteroatoms. The topological polar surface area (TPSA) is 45.7 Å². The zero-order valence-electron chi connectivity index (χ0n) is 16.2. The molecule has 25 heavy (non-hydrogen) atoms. The highest BCUT2D eigenvalue weighted by Gasteiger charge is 2.37. The van der Waals surface area contributed by atoms with E-state index in [1.165, 1.54) is 18.4 Å². The Hall–Kier alpha value is -1.62. The molecule has 0 radical (unpaired) electrons. The highest BCUT2D eigenvalue weighted by Crippen LogP contribution is 2.35. The van der Waals surface area contributed by atoms with Crippen LogP contribution in [0, 0.1) is 0 Å². The van der Waals surface area contributed by atoms with Gasteiger partial charge in [-0.25, -0.2) is 9.78 Å². The van der Waals surface area contributed by atoms with Crippen molar-refractivity contribution in [3.63, 3.8) is 0 Å². The fourth-order valence-electron chi connectivity index (χ4n) is 3.58. The van der Waals surface area contributed by atoms with Crippen molar-refractivity contribution in [1.82, 2.24) is 9.88 Å². The minimum atomic E-state index is -0.494. The van der Waals surface area contributed by atoms with E-state index >= 15 is 0 Å². The lowest BCUT2D eigenvalue weighted by molar-refractivity contribution is 0.0576. The number of rotatable bonds is 4. The maximum atomic E-state index is 12.6. The zero-order chi connectivity index (χ0) is 18.2. The predicted molar refractivity (Wildman–Crippen MR) is 99.8 cm³/mol. The van der Waals surface area contributed by atoms with Gasteiger partial charge in [0.2, 0.25) is 0 Å². The van der Waals surface area contributed by atoms with Crippen molar-refractivity contribution in [2.75, 3.05) is 11.4 Å². The first-order chi connectivity index (χ1) is 11.8. The van der Waals surface area contributed by atoms with E-state index < -0.39 is 5.60 Å². The molecule has 0 N–H and O–H groups in total. The van der Waals surface area contributed by atoms with Crippen LogP contribution in [0.3, 0.4) is 0 Å². The van der Waals surface area contributed by atoms with Gasteiger partial charge in [-0.3, -0.25) is 9.80 Å². The number of amides is 1. The molecule has 1 aromatic heterocycles. The molecule has 1 saturated carbocycles. The Balaban J connectivity index is 1.77. The summed E-state index contributed by atoms with van der Waals surface area (Å²) in [6.45, 7) is 11.3. The molecule has 0 spiro atoms. The van der Waals surface area contributed by atoms with Crippen molar-refractivity contribution >= 4 is 11.9 Å². The molecule has 1 atom stereocenters. The van der Waals surface area contributed by atoms with E-state index in [1.807, 2.05) is 33.0 Å². The fraction of sp³-hybridized carbons (Fsp3) is 0.700. The van der Waals surface area contributed by atoms with E-state index in [4.69, 9.17) is 4.74 Å². The van der Waals surface area contributed by atoms with E-state index in [0.29, 0.717) is 17.9 Å². The standard InChI is InChI=1S/C20H31N3O2/c1-14(2)22-12-6-7-17(22)15-8-11-18(21-13-15)23(16-9-10-16)19(24)25-20(3,4)5/h8,11,13-14,16-17H,6-7,9-10,12H2,1-5H3/t17-/m1/s1. The van der Waals surface area contributed by atoms with Crippen LogP contribution in [0.15, 0.2) is 18.3 Å². The molecule has 5 nitrogen and oxygen atoms in total. The molecule has 1 aromatic rings. The highest BCUT2D eigenvalue weighted by atomic mass is 16.6. The maximum absolute atomic E-state index is 12.6. The maximum Gasteiger partial charge on any atom is 0.416 e. The summed E-state index contributed by atoms with van der Waals surface area (Å²) in [7, 11) is 0. The number of pyridine rings is 1. The number of carbonyl (C=O) groups is 1. The van der Waals surface area contributed by atoms with Gasteiger partial charge in [0.25, 0.3) is 0 Å². The number of hydrogen-bond acceptors (Lipinski definition) is 4. The molecule has 1 saturated heterocycles. The fourth-order valence-corrected chi connectivity index (χ4v) is 3.58. The van der Waals surface area contributed by atoms with Crippen molar-refractivity contribution < 1.29 is 9.53 Å². The van der Waals surface area contributed by atoms with Crippen LogP contribution in [0.5, 0.6) is 0 Å². The second-order valence-electron chi connectivity index (χ2n) is 8.52. The van der Waals surface area contributed by atoms with Crippen molar-refractivity contribution in [3.05, 3.63) is 23.9 Å². The molecular weight excluding hydrogens is 314 g/mol. The lowest BCUT2D eigenvalue weighted by Gasteiger charge is -2.29. The Morgan fingerprint density at radius 2 is 2.00 bits per heavy atom. The van der Waals surface area contributed by atoms with Gasteiger partial charge in [0.15, 0.2) is 0 Å². The summed E-state index contributed by atoms with van der Waals surface area (Å²) in [5, 5.41) is 0. The van der Waals surface area contributed by atoms with Crippen molar-refractivity contribution in [1.29, 1.82) is 0 Å². The molecule has 0 bridgehead atoms. The van der Waals surface area contributed by atoms with Gasteiger partial charge in [-0.15, -0.1) is 0 Å². The summed E-state index contributed by atoms with van der Waals surface area (Å²) < 4.78 is 5.57. The Kier molecular flexibility index (Phi) is 5.05. The normalized spacial score (nSPS) is 21.6. The van der Waals surface area contributed by atoms with E-state index in [0.717, 1.165) is 19.4 Å². The molecule has 1 amide bonds. The summed E-state index contributed by atoms with van der Waals surface area (Å²) >= 11 is 0. The number of likely N-dealkylation sites (tertiary alicyclic amines) is 1. The summed E-state index contributed by atoms with van der Waals surface area (Å²) in [6.07, 6.45) is 6.10. The predicted octanol–water partition coefficient (Wildman–Crippen LogP) is 4.53. The van der Waals surface area contributed by atoms with E-state index in [-0.39, 0.29) is 12.1 Å². The molecule has 1 aliphatic carbocycles. The van der Waals surface area contributed by atoms with Gasteiger partial charge in [0.05, 0.1) is 0 Å². The molecule has 1 aliphatic heterocycles. The van der Waals surface area contributed by atoms with Crippen LogP contribution < -0.4 is 4.90 Å². The monoisotopic (exact) mass is 345 g/mol. The van der Waals surface area contributed by atoms with Crippen LogP contribution in [-0.2, 0) is 4.74 Å². The Bertz CT molecular complexity index is 602. The molecule has 138 valence electrons. The number of aromatic nitrogens is 1. The number of anilines is 1. The van der Waals surface area contributed by atoms with Gasteiger partial charge in [0, 0.05) is 24.3 Å². The third-order valence-electron chi connectivity index (χ3n) is 4.86. The van der Waals surface area contributed by atoms with Gasteiger partial charge in [-0.2, -0.15) is 0 Å². The first-order valence-corrected chi connectivity index (χ1v) is 9.50. The molecule has 2 fully saturated rings. The molecular formula is C20H31N3O2. The minimum absolute atomic E-state index is 0.229. The van der Waals surface area contributed by atoms with Crippen molar-refractivity contribution in [2.45, 2.75) is 84.0 Å². The van der Waals surface area contributed by atoms with Crippen LogP contribution in [0.25, 0.3) is 0 Å². The van der Waals surface area contributed by atoms with E-state index in [2.05, 4.69) is 29.8 Å². The van der Waals surface area contributed by atoms with E-state index in [1.54, 1.807) is 4.90 Å². The first-order valence-electron chi connectivity index (χ1n) is 9.50. The average Bonchev–Trinajstić information content (AvgIpc) is 3.21. The van der Waals surface area contributed by atoms with Crippen LogP contribution in [-0.4, -0.2) is 40.2 Å². The Labute approximate surface area is 151 Å².